The number of carbonyl (C=O) groups is 2. The quantitative estimate of drug-likeness (QED) is 0.0599. The molecule has 0 saturated heterocycles. The summed E-state index contributed by atoms with van der Waals surface area (Å²) in [6.45, 7) is 4.44. The van der Waals surface area contributed by atoms with Crippen LogP contribution in [0.1, 0.15) is 137 Å². The van der Waals surface area contributed by atoms with Gasteiger partial charge in [0.05, 0.1) is 29.2 Å². The number of rotatable bonds is 23. The molecular weight excluding hydrogens is 528 g/mol. The van der Waals surface area contributed by atoms with Crippen LogP contribution in [0.4, 0.5) is 0 Å². The van der Waals surface area contributed by atoms with Gasteiger partial charge in [-0.2, -0.15) is 8.42 Å². The summed E-state index contributed by atoms with van der Waals surface area (Å²) in [5.74, 6) is -1.52. The average Bonchev–Trinajstić information content (AvgIpc) is 2.93. The molecule has 7 nitrogen and oxygen atoms in total. The zero-order valence-corrected chi connectivity index (χ0v) is 25.4. The van der Waals surface area contributed by atoms with Crippen molar-refractivity contribution in [2.75, 3.05) is 13.2 Å². The molecule has 0 spiro atoms. The summed E-state index contributed by atoms with van der Waals surface area (Å²) in [7, 11) is -4.55. The predicted molar refractivity (Wildman–Crippen MR) is 160 cm³/mol. The Hall–Kier alpha value is -2.45. The Labute approximate surface area is 242 Å². The van der Waals surface area contributed by atoms with Crippen molar-refractivity contribution < 1.29 is 32.0 Å². The van der Waals surface area contributed by atoms with Crippen molar-refractivity contribution in [2.24, 2.45) is 0 Å². The molecule has 0 aliphatic rings. The molecule has 1 aromatic carbocycles. The van der Waals surface area contributed by atoms with E-state index in [1.165, 1.54) is 44.6 Å². The molecule has 8 heteroatoms. The number of carbonyl (C=O) groups excluding carboxylic acids is 2. The number of benzene rings is 1. The lowest BCUT2D eigenvalue weighted by atomic mass is 10.1. The van der Waals surface area contributed by atoms with Gasteiger partial charge in [0.1, 0.15) is 0 Å². The fraction of sp³-hybridized carbons (Fsp3) is 0.625. The van der Waals surface area contributed by atoms with E-state index in [9.17, 15) is 22.6 Å². The lowest BCUT2D eigenvalue weighted by Crippen LogP contribution is -2.16. The molecule has 226 valence electrons. The van der Waals surface area contributed by atoms with E-state index in [-0.39, 0.29) is 24.3 Å². The van der Waals surface area contributed by atoms with Crippen LogP contribution in [0.15, 0.2) is 47.4 Å². The highest BCUT2D eigenvalue weighted by molar-refractivity contribution is 7.85. The molecular formula is C32H50O7S. The molecule has 0 aromatic heterocycles. The van der Waals surface area contributed by atoms with Gasteiger partial charge < -0.3 is 9.47 Å². The highest BCUT2D eigenvalue weighted by Crippen LogP contribution is 2.19. The van der Waals surface area contributed by atoms with Crippen LogP contribution in [0, 0.1) is 0 Å². The fourth-order valence-corrected chi connectivity index (χ4v) is 4.85. The van der Waals surface area contributed by atoms with Crippen molar-refractivity contribution >= 4 is 22.1 Å². The zero-order chi connectivity index (χ0) is 29.5. The highest BCUT2D eigenvalue weighted by Gasteiger charge is 2.23. The molecule has 0 aliphatic carbocycles. The first-order chi connectivity index (χ1) is 19.3. The predicted octanol–water partition coefficient (Wildman–Crippen LogP) is 8.64. The van der Waals surface area contributed by atoms with Crippen molar-refractivity contribution in [2.45, 2.75) is 121 Å². The van der Waals surface area contributed by atoms with Crippen molar-refractivity contribution in [3.63, 3.8) is 0 Å². The van der Waals surface area contributed by atoms with Gasteiger partial charge in [-0.05, 0) is 70.6 Å². The van der Waals surface area contributed by atoms with Gasteiger partial charge in [-0.3, -0.25) is 4.55 Å². The Bertz CT molecular complexity index is 1010. The van der Waals surface area contributed by atoms with Gasteiger partial charge in [-0.25, -0.2) is 9.59 Å². The van der Waals surface area contributed by atoms with Gasteiger partial charge in [0.25, 0.3) is 10.1 Å². The van der Waals surface area contributed by atoms with Gasteiger partial charge in [-0.15, -0.1) is 0 Å². The molecule has 1 aromatic rings. The number of hydrogen-bond acceptors (Lipinski definition) is 6. The first-order valence-electron chi connectivity index (χ1n) is 15.0. The summed E-state index contributed by atoms with van der Waals surface area (Å²) in [6, 6.07) is 3.24. The summed E-state index contributed by atoms with van der Waals surface area (Å²) >= 11 is 0. The molecule has 1 N–H and O–H groups in total. The van der Waals surface area contributed by atoms with Crippen molar-refractivity contribution in [1.29, 1.82) is 0 Å². The van der Waals surface area contributed by atoms with E-state index >= 15 is 0 Å². The number of ether oxygens (including phenoxy) is 2. The third-order valence-electron chi connectivity index (χ3n) is 6.70. The third-order valence-corrected chi connectivity index (χ3v) is 7.55. The Morgan fingerprint density at radius 3 is 1.48 bits per heavy atom. The van der Waals surface area contributed by atoms with Gasteiger partial charge in [0, 0.05) is 0 Å². The summed E-state index contributed by atoms with van der Waals surface area (Å²) in [5, 5.41) is 0. The van der Waals surface area contributed by atoms with Crippen LogP contribution in [-0.4, -0.2) is 38.1 Å². The van der Waals surface area contributed by atoms with E-state index in [0.29, 0.717) is 12.8 Å². The van der Waals surface area contributed by atoms with Crippen LogP contribution < -0.4 is 0 Å². The minimum absolute atomic E-state index is 0.0727. The number of unbranched alkanes of at least 4 members (excludes halogenated alkanes) is 14. The molecule has 1 rings (SSSR count). The summed E-state index contributed by atoms with van der Waals surface area (Å²) in [5.41, 5.74) is -0.296. The Morgan fingerprint density at radius 2 is 1.05 bits per heavy atom. The minimum atomic E-state index is -4.55. The summed E-state index contributed by atoms with van der Waals surface area (Å²) in [4.78, 5) is 25.0. The molecule has 0 radical (unpaired) electrons. The number of esters is 2. The average molecular weight is 579 g/mol. The van der Waals surface area contributed by atoms with Crippen LogP contribution >= 0.6 is 0 Å². The molecule has 0 heterocycles. The molecule has 0 amide bonds. The zero-order valence-electron chi connectivity index (χ0n) is 24.6. The molecule has 40 heavy (non-hydrogen) atoms. The standard InChI is InChI=1S/C32H50O7S/c1-3-5-7-9-11-13-15-17-19-21-25-38-31(33)29-24-23-28(40(35,36)37)27-30(29)32(34)39-26-22-20-18-16-14-12-10-8-6-4-2/h3-6,23-24,27H,7-22,25-26H2,1-2H3,(H,35,36,37)/b5-3+,6-4+. The highest BCUT2D eigenvalue weighted by atomic mass is 32.2. The SMILES string of the molecule is C/C=C/CCCCCCCCCOC(=O)c1ccc(S(=O)(=O)O)cc1C(=O)OCCCCCCCCC/C=C/C. The lowest BCUT2D eigenvalue weighted by Gasteiger charge is -2.11. The lowest BCUT2D eigenvalue weighted by molar-refractivity contribution is 0.0450. The van der Waals surface area contributed by atoms with Crippen molar-refractivity contribution in [3.05, 3.63) is 53.6 Å². The van der Waals surface area contributed by atoms with Crippen molar-refractivity contribution in [3.8, 4) is 0 Å². The Balaban J connectivity index is 2.47. The summed E-state index contributed by atoms with van der Waals surface area (Å²) in [6.07, 6.45) is 25.6. The van der Waals surface area contributed by atoms with E-state index in [2.05, 4.69) is 24.3 Å². The maximum absolute atomic E-state index is 12.8. The smallest absolute Gasteiger partial charge is 0.339 e. The molecule has 0 fully saturated rings. The van der Waals surface area contributed by atoms with E-state index in [0.717, 1.165) is 63.5 Å². The molecule has 0 unspecified atom stereocenters. The van der Waals surface area contributed by atoms with E-state index < -0.39 is 27.0 Å². The van der Waals surface area contributed by atoms with Gasteiger partial charge in [0.2, 0.25) is 0 Å². The van der Waals surface area contributed by atoms with Crippen LogP contribution in [0.3, 0.4) is 0 Å². The van der Waals surface area contributed by atoms with E-state index in [1.54, 1.807) is 0 Å². The molecule has 0 aliphatic heterocycles. The van der Waals surface area contributed by atoms with Crippen LogP contribution in [0.2, 0.25) is 0 Å². The Kier molecular flexibility index (Phi) is 19.8. The number of hydrogen-bond donors (Lipinski definition) is 1. The maximum atomic E-state index is 12.8. The second-order valence-electron chi connectivity index (χ2n) is 10.1. The first-order valence-corrected chi connectivity index (χ1v) is 16.4. The molecule has 0 bridgehead atoms. The van der Waals surface area contributed by atoms with Crippen LogP contribution in [0.25, 0.3) is 0 Å². The topological polar surface area (TPSA) is 107 Å². The van der Waals surface area contributed by atoms with Gasteiger partial charge >= 0.3 is 11.9 Å². The van der Waals surface area contributed by atoms with E-state index in [1.807, 2.05) is 13.8 Å². The van der Waals surface area contributed by atoms with E-state index in [4.69, 9.17) is 9.47 Å². The first kappa shape index (κ1) is 35.6. The maximum Gasteiger partial charge on any atom is 0.339 e. The van der Waals surface area contributed by atoms with Gasteiger partial charge in [-0.1, -0.05) is 88.5 Å². The molecule has 0 atom stereocenters. The van der Waals surface area contributed by atoms with Crippen LogP contribution in [0.5, 0.6) is 0 Å². The molecule has 0 saturated carbocycles. The normalized spacial score (nSPS) is 11.9. The van der Waals surface area contributed by atoms with Crippen LogP contribution in [-0.2, 0) is 19.6 Å². The number of allylic oxidation sites excluding steroid dienone is 4. The minimum Gasteiger partial charge on any atom is -0.462 e. The third kappa shape index (κ3) is 16.6. The largest absolute Gasteiger partial charge is 0.462 e. The monoisotopic (exact) mass is 578 g/mol. The fourth-order valence-electron chi connectivity index (χ4n) is 4.35. The van der Waals surface area contributed by atoms with Crippen molar-refractivity contribution in [1.82, 2.24) is 0 Å². The Morgan fingerprint density at radius 1 is 0.650 bits per heavy atom. The second-order valence-corrected chi connectivity index (χ2v) is 11.5. The summed E-state index contributed by atoms with van der Waals surface area (Å²) < 4.78 is 43.3. The second kappa shape index (κ2) is 22.3. The van der Waals surface area contributed by atoms with Gasteiger partial charge in [0.15, 0.2) is 0 Å².